The summed E-state index contributed by atoms with van der Waals surface area (Å²) in [7, 11) is 0. The normalized spacial score (nSPS) is 11.7. The summed E-state index contributed by atoms with van der Waals surface area (Å²) in [5.41, 5.74) is 7.41. The van der Waals surface area contributed by atoms with Gasteiger partial charge in [0.2, 0.25) is 0 Å². The molecule has 0 bridgehead atoms. The first-order valence-electron chi connectivity index (χ1n) is 6.56. The molecular formula is C16H17BrN2O2. The van der Waals surface area contributed by atoms with Gasteiger partial charge in [-0.3, -0.25) is 0 Å². The Morgan fingerprint density at radius 1 is 1.24 bits per heavy atom. The van der Waals surface area contributed by atoms with E-state index in [0.29, 0.717) is 23.0 Å². The summed E-state index contributed by atoms with van der Waals surface area (Å²) in [5, 5.41) is 11.9. The van der Waals surface area contributed by atoms with Crippen molar-refractivity contribution in [2.24, 2.45) is 10.9 Å². The van der Waals surface area contributed by atoms with Gasteiger partial charge in [0.05, 0.1) is 5.56 Å². The number of ether oxygens (including phenoxy) is 1. The Kier molecular flexibility index (Phi) is 4.85. The monoisotopic (exact) mass is 348 g/mol. The van der Waals surface area contributed by atoms with Crippen LogP contribution in [-0.2, 0) is 0 Å². The zero-order valence-corrected chi connectivity index (χ0v) is 13.5. The molecule has 2 aromatic carbocycles. The Morgan fingerprint density at radius 3 is 2.67 bits per heavy atom. The van der Waals surface area contributed by atoms with Gasteiger partial charge in [-0.1, -0.05) is 47.1 Å². The van der Waals surface area contributed by atoms with Crippen molar-refractivity contribution < 1.29 is 9.94 Å². The van der Waals surface area contributed by atoms with Crippen molar-refractivity contribution >= 4 is 21.8 Å². The fraction of sp³-hybridized carbons (Fsp3) is 0.188. The van der Waals surface area contributed by atoms with Gasteiger partial charge >= 0.3 is 0 Å². The van der Waals surface area contributed by atoms with E-state index in [9.17, 15) is 0 Å². The van der Waals surface area contributed by atoms with E-state index < -0.39 is 0 Å². The molecule has 0 radical (unpaired) electrons. The number of nitrogens with two attached hydrogens (primary N) is 1. The highest BCUT2D eigenvalue weighted by Crippen LogP contribution is 2.30. The molecule has 0 fully saturated rings. The second kappa shape index (κ2) is 6.63. The van der Waals surface area contributed by atoms with Gasteiger partial charge in [-0.15, -0.1) is 0 Å². The predicted molar refractivity (Wildman–Crippen MR) is 87.3 cm³/mol. The molecule has 3 N–H and O–H groups in total. The number of nitrogens with zero attached hydrogens (tertiary/aromatic N) is 1. The molecule has 0 spiro atoms. The maximum Gasteiger partial charge on any atom is 0.173 e. The van der Waals surface area contributed by atoms with Crippen molar-refractivity contribution in [3.63, 3.8) is 0 Å². The predicted octanol–water partition coefficient (Wildman–Crippen LogP) is 4.46. The molecule has 21 heavy (non-hydrogen) atoms. The molecule has 0 aliphatic heterocycles. The molecule has 0 aliphatic carbocycles. The molecular weight excluding hydrogens is 332 g/mol. The van der Waals surface area contributed by atoms with Crippen LogP contribution in [0, 0.1) is 0 Å². The van der Waals surface area contributed by atoms with Gasteiger partial charge in [0.15, 0.2) is 5.84 Å². The van der Waals surface area contributed by atoms with Crippen molar-refractivity contribution in [2.75, 3.05) is 0 Å². The number of amidine groups is 1. The highest BCUT2D eigenvalue weighted by molar-refractivity contribution is 9.10. The molecule has 0 saturated carbocycles. The van der Waals surface area contributed by atoms with Crippen LogP contribution >= 0.6 is 15.9 Å². The van der Waals surface area contributed by atoms with E-state index in [2.05, 4.69) is 41.0 Å². The topological polar surface area (TPSA) is 67.8 Å². The van der Waals surface area contributed by atoms with E-state index in [1.807, 2.05) is 24.3 Å². The zero-order chi connectivity index (χ0) is 15.4. The quantitative estimate of drug-likeness (QED) is 0.371. The lowest BCUT2D eigenvalue weighted by Gasteiger charge is -2.13. The number of oxime groups is 1. The lowest BCUT2D eigenvalue weighted by molar-refractivity contribution is 0.318. The molecule has 0 saturated heterocycles. The number of benzene rings is 2. The third-order valence-electron chi connectivity index (χ3n) is 3.08. The zero-order valence-electron chi connectivity index (χ0n) is 11.9. The fourth-order valence-electron chi connectivity index (χ4n) is 1.91. The first-order valence-corrected chi connectivity index (χ1v) is 7.36. The third kappa shape index (κ3) is 3.76. The average molecular weight is 349 g/mol. The molecule has 0 aromatic heterocycles. The van der Waals surface area contributed by atoms with Gasteiger partial charge < -0.3 is 15.7 Å². The third-order valence-corrected chi connectivity index (χ3v) is 3.57. The lowest BCUT2D eigenvalue weighted by Crippen LogP contribution is -2.14. The highest BCUT2D eigenvalue weighted by atomic mass is 79.9. The Morgan fingerprint density at radius 2 is 2.00 bits per heavy atom. The molecule has 0 amide bonds. The second-order valence-electron chi connectivity index (χ2n) is 4.95. The molecule has 0 heterocycles. The maximum atomic E-state index is 8.86. The molecule has 5 heteroatoms. The van der Waals surface area contributed by atoms with Crippen LogP contribution in [0.25, 0.3) is 0 Å². The van der Waals surface area contributed by atoms with Gasteiger partial charge in [-0.05, 0) is 41.8 Å². The Balaban J connectivity index is 2.39. The standard InChI is InChI=1S/C16H17BrN2O2/c1-10(2)11-4-3-5-13(8-11)21-15-9-12(17)6-7-14(15)16(18)19-20/h3-10,20H,1-2H3,(H2,18,19). The average Bonchev–Trinajstić information content (AvgIpc) is 2.47. The number of halogens is 1. The van der Waals surface area contributed by atoms with Gasteiger partial charge in [0.1, 0.15) is 11.5 Å². The van der Waals surface area contributed by atoms with Gasteiger partial charge in [-0.2, -0.15) is 0 Å². The summed E-state index contributed by atoms with van der Waals surface area (Å²) in [4.78, 5) is 0. The minimum atomic E-state index is 0.0116. The van der Waals surface area contributed by atoms with Crippen LogP contribution < -0.4 is 10.5 Å². The van der Waals surface area contributed by atoms with Crippen molar-refractivity contribution in [3.8, 4) is 11.5 Å². The van der Waals surface area contributed by atoms with Gasteiger partial charge in [0.25, 0.3) is 0 Å². The minimum absolute atomic E-state index is 0.0116. The largest absolute Gasteiger partial charge is 0.457 e. The first kappa shape index (κ1) is 15.4. The molecule has 2 rings (SSSR count). The molecule has 0 unspecified atom stereocenters. The van der Waals surface area contributed by atoms with Crippen molar-refractivity contribution in [1.82, 2.24) is 0 Å². The van der Waals surface area contributed by atoms with Gasteiger partial charge in [0, 0.05) is 4.47 Å². The Bertz CT molecular complexity index is 669. The SMILES string of the molecule is CC(C)c1cccc(Oc2cc(Br)ccc2/C(N)=N/O)c1. The molecule has 0 atom stereocenters. The highest BCUT2D eigenvalue weighted by Gasteiger charge is 2.11. The first-order chi connectivity index (χ1) is 10.0. The minimum Gasteiger partial charge on any atom is -0.457 e. The van der Waals surface area contributed by atoms with E-state index in [0.717, 1.165) is 4.47 Å². The number of hydrogen-bond donors (Lipinski definition) is 2. The summed E-state index contributed by atoms with van der Waals surface area (Å²) in [5.74, 6) is 1.67. The van der Waals surface area contributed by atoms with Crippen LogP contribution in [0.1, 0.15) is 30.9 Å². The van der Waals surface area contributed by atoms with E-state index in [1.165, 1.54) is 5.56 Å². The van der Waals surface area contributed by atoms with Crippen LogP contribution in [0.3, 0.4) is 0 Å². The molecule has 0 aliphatic rings. The Hall–Kier alpha value is -2.01. The maximum absolute atomic E-state index is 8.86. The summed E-state index contributed by atoms with van der Waals surface area (Å²) in [6, 6.07) is 13.2. The van der Waals surface area contributed by atoms with Crippen LogP contribution in [0.5, 0.6) is 11.5 Å². The molecule has 4 nitrogen and oxygen atoms in total. The van der Waals surface area contributed by atoms with Crippen molar-refractivity contribution in [2.45, 2.75) is 19.8 Å². The molecule has 110 valence electrons. The van der Waals surface area contributed by atoms with E-state index in [4.69, 9.17) is 15.7 Å². The van der Waals surface area contributed by atoms with E-state index in [1.54, 1.807) is 12.1 Å². The lowest BCUT2D eigenvalue weighted by atomic mass is 10.0. The van der Waals surface area contributed by atoms with Gasteiger partial charge in [-0.25, -0.2) is 0 Å². The Labute approximate surface area is 132 Å². The van der Waals surface area contributed by atoms with Crippen LogP contribution in [0.15, 0.2) is 52.1 Å². The summed E-state index contributed by atoms with van der Waals surface area (Å²) in [6.07, 6.45) is 0. The van der Waals surface area contributed by atoms with Crippen LogP contribution in [0.4, 0.5) is 0 Å². The summed E-state index contributed by atoms with van der Waals surface area (Å²) >= 11 is 3.40. The van der Waals surface area contributed by atoms with E-state index in [-0.39, 0.29) is 5.84 Å². The van der Waals surface area contributed by atoms with Crippen LogP contribution in [-0.4, -0.2) is 11.0 Å². The van der Waals surface area contributed by atoms with Crippen molar-refractivity contribution in [3.05, 3.63) is 58.1 Å². The van der Waals surface area contributed by atoms with Crippen molar-refractivity contribution in [1.29, 1.82) is 0 Å². The summed E-state index contributed by atoms with van der Waals surface area (Å²) in [6.45, 7) is 4.25. The smallest absolute Gasteiger partial charge is 0.173 e. The second-order valence-corrected chi connectivity index (χ2v) is 5.87. The van der Waals surface area contributed by atoms with Crippen LogP contribution in [0.2, 0.25) is 0 Å². The fourth-order valence-corrected chi connectivity index (χ4v) is 2.25. The number of hydrogen-bond acceptors (Lipinski definition) is 3. The van der Waals surface area contributed by atoms with E-state index >= 15 is 0 Å². The summed E-state index contributed by atoms with van der Waals surface area (Å²) < 4.78 is 6.76. The number of rotatable bonds is 4. The molecule has 2 aromatic rings.